The molecule has 0 aliphatic carbocycles. The van der Waals surface area contributed by atoms with E-state index in [-0.39, 0.29) is 0 Å². The van der Waals surface area contributed by atoms with Crippen LogP contribution in [0.5, 0.6) is 0 Å². The average Bonchev–Trinajstić information content (AvgIpc) is 2.65. The topological polar surface area (TPSA) is 117 Å². The van der Waals surface area contributed by atoms with Crippen molar-refractivity contribution in [2.45, 2.75) is 0 Å². The van der Waals surface area contributed by atoms with E-state index in [1.807, 2.05) is 45.2 Å². The molecule has 0 aliphatic heterocycles. The quantitative estimate of drug-likeness (QED) is 0.151. The lowest BCUT2D eigenvalue weighted by Crippen LogP contribution is -2.10. The lowest BCUT2D eigenvalue weighted by Gasteiger charge is -2.07. The van der Waals surface area contributed by atoms with Crippen molar-refractivity contribution < 1.29 is 19.1 Å². The minimum Gasteiger partial charge on any atom is -0.465 e. The summed E-state index contributed by atoms with van der Waals surface area (Å²) in [6.07, 6.45) is 0. The third kappa shape index (κ3) is 6.52. The molecule has 11 heteroatoms. The molecule has 0 radical (unpaired) electrons. The largest absolute Gasteiger partial charge is 0.465 e. The molecule has 0 unspecified atom stereocenters. The summed E-state index contributed by atoms with van der Waals surface area (Å²) in [4.78, 5) is 22.4. The van der Waals surface area contributed by atoms with E-state index in [0.717, 1.165) is 7.14 Å². The molecule has 0 spiro atoms. The summed E-state index contributed by atoms with van der Waals surface area (Å²) in [5, 5.41) is 0.620. The van der Waals surface area contributed by atoms with Gasteiger partial charge in [0.05, 0.1) is 41.1 Å². The second-order valence-corrected chi connectivity index (χ2v) is 7.93. The number of nitrogens with one attached hydrogen (secondary N) is 1. The summed E-state index contributed by atoms with van der Waals surface area (Å²) in [5.74, 6) is 4.33. The lowest BCUT2D eigenvalue weighted by atomic mass is 10.2. The zero-order chi connectivity index (χ0) is 20.7. The van der Waals surface area contributed by atoms with Gasteiger partial charge in [-0.25, -0.2) is 9.59 Å². The first-order valence-corrected chi connectivity index (χ1v) is 9.94. The number of carbonyl (C=O) groups excluding carboxylic acids is 2. The fourth-order valence-corrected chi connectivity index (χ4v) is 3.33. The smallest absolute Gasteiger partial charge is 0.339 e. The molecule has 0 bridgehead atoms. The van der Waals surface area contributed by atoms with Crippen molar-refractivity contribution >= 4 is 91.7 Å². The zero-order valence-electron chi connectivity index (χ0n) is 14.1. The van der Waals surface area contributed by atoms with Gasteiger partial charge in [0.2, 0.25) is 0 Å². The number of anilines is 2. The molecule has 0 aliphatic rings. The molecule has 0 saturated carbocycles. The van der Waals surface area contributed by atoms with Crippen LogP contribution in [-0.4, -0.2) is 26.2 Å². The molecule has 27 heavy (non-hydrogen) atoms. The molecular formula is C16H15Cl2I2N3O4. The maximum atomic E-state index is 11.2. The van der Waals surface area contributed by atoms with Crippen LogP contribution in [0.25, 0.3) is 0 Å². The standard InChI is InChI=1S/C8H8ClIN2O2.C8H7ClINO2/c1-14-8(13)4-2-6(10)7(12-11)3-5(4)9;1-13-8(12)4-2-6(10)7(11)3-5(4)9/h2-3,12H,11H2,1H3;2-3H,11H2,1H3. The average molecular weight is 638 g/mol. The van der Waals surface area contributed by atoms with Crippen molar-refractivity contribution in [1.82, 2.24) is 0 Å². The molecular weight excluding hydrogens is 623 g/mol. The van der Waals surface area contributed by atoms with E-state index in [9.17, 15) is 9.59 Å². The minimum atomic E-state index is -0.462. The van der Waals surface area contributed by atoms with Crippen molar-refractivity contribution in [1.29, 1.82) is 0 Å². The first-order chi connectivity index (χ1) is 12.7. The van der Waals surface area contributed by atoms with Gasteiger partial charge in [-0.05, 0) is 69.4 Å². The number of halogens is 4. The number of esters is 2. The molecule has 2 rings (SSSR count). The molecule has 0 amide bonds. The van der Waals surface area contributed by atoms with Gasteiger partial charge in [0.25, 0.3) is 0 Å². The fourth-order valence-electron chi connectivity index (χ4n) is 1.75. The molecule has 2 aromatic rings. The van der Waals surface area contributed by atoms with Gasteiger partial charge in [0, 0.05) is 12.8 Å². The van der Waals surface area contributed by atoms with Gasteiger partial charge >= 0.3 is 11.9 Å². The SMILES string of the molecule is COC(=O)c1cc(I)c(N)cc1Cl.COC(=O)c1cc(I)c(NN)cc1Cl. The fraction of sp³-hybridized carbons (Fsp3) is 0.125. The van der Waals surface area contributed by atoms with Gasteiger partial charge in [-0.2, -0.15) is 0 Å². The number of ether oxygens (including phenoxy) is 2. The van der Waals surface area contributed by atoms with Gasteiger partial charge in [0.15, 0.2) is 0 Å². The second-order valence-electron chi connectivity index (χ2n) is 4.79. The van der Waals surface area contributed by atoms with Gasteiger partial charge in [-0.3, -0.25) is 5.84 Å². The molecule has 146 valence electrons. The van der Waals surface area contributed by atoms with Gasteiger partial charge in [-0.15, -0.1) is 0 Å². The second kappa shape index (κ2) is 11.1. The Hall–Kier alpha value is -1.02. The molecule has 0 heterocycles. The summed E-state index contributed by atoms with van der Waals surface area (Å²) in [5.41, 5.74) is 9.95. The van der Waals surface area contributed by atoms with Crippen LogP contribution >= 0.6 is 68.4 Å². The Bertz CT molecular complexity index is 866. The zero-order valence-corrected chi connectivity index (χ0v) is 19.9. The number of carbonyl (C=O) groups is 2. The Morgan fingerprint density at radius 3 is 1.81 bits per heavy atom. The van der Waals surface area contributed by atoms with Crippen molar-refractivity contribution in [3.63, 3.8) is 0 Å². The molecule has 0 atom stereocenters. The maximum Gasteiger partial charge on any atom is 0.339 e. The summed E-state index contributed by atoms with van der Waals surface area (Å²) in [6, 6.07) is 6.33. The normalized spacial score (nSPS) is 9.74. The predicted molar refractivity (Wildman–Crippen MR) is 123 cm³/mol. The van der Waals surface area contributed by atoms with Crippen LogP contribution in [0, 0.1) is 7.14 Å². The first kappa shape index (κ1) is 24.0. The van der Waals surface area contributed by atoms with E-state index < -0.39 is 11.9 Å². The Balaban J connectivity index is 0.000000271. The highest BCUT2D eigenvalue weighted by Gasteiger charge is 2.14. The highest BCUT2D eigenvalue weighted by atomic mass is 127. The highest BCUT2D eigenvalue weighted by molar-refractivity contribution is 14.1. The number of benzene rings is 2. The third-order valence-electron chi connectivity index (χ3n) is 3.11. The van der Waals surface area contributed by atoms with E-state index in [1.54, 1.807) is 18.2 Å². The van der Waals surface area contributed by atoms with E-state index in [1.165, 1.54) is 20.3 Å². The summed E-state index contributed by atoms with van der Waals surface area (Å²) < 4.78 is 10.7. The van der Waals surface area contributed by atoms with Crippen LogP contribution in [0.15, 0.2) is 24.3 Å². The van der Waals surface area contributed by atoms with E-state index in [2.05, 4.69) is 14.9 Å². The monoisotopic (exact) mass is 637 g/mol. The van der Waals surface area contributed by atoms with Crippen molar-refractivity contribution in [3.8, 4) is 0 Å². The number of methoxy groups -OCH3 is 2. The maximum absolute atomic E-state index is 11.2. The summed E-state index contributed by atoms with van der Waals surface area (Å²) >= 11 is 15.7. The van der Waals surface area contributed by atoms with Gasteiger partial charge < -0.3 is 20.6 Å². The van der Waals surface area contributed by atoms with Gasteiger partial charge in [0.1, 0.15) is 0 Å². The number of nitrogens with two attached hydrogens (primary N) is 2. The molecule has 5 N–H and O–H groups in total. The number of hydrazine groups is 1. The lowest BCUT2D eigenvalue weighted by molar-refractivity contribution is 0.0592. The van der Waals surface area contributed by atoms with Crippen molar-refractivity contribution in [2.75, 3.05) is 25.4 Å². The number of nitrogen functional groups attached to an aromatic ring is 2. The van der Waals surface area contributed by atoms with Crippen LogP contribution in [0.1, 0.15) is 20.7 Å². The summed E-state index contributed by atoms with van der Waals surface area (Å²) in [6.45, 7) is 0. The van der Waals surface area contributed by atoms with E-state index >= 15 is 0 Å². The molecule has 0 aromatic heterocycles. The van der Waals surface area contributed by atoms with Crippen LogP contribution in [0.2, 0.25) is 10.0 Å². The molecule has 0 saturated heterocycles. The number of hydrogen-bond acceptors (Lipinski definition) is 7. The Morgan fingerprint density at radius 2 is 1.37 bits per heavy atom. The van der Waals surface area contributed by atoms with Crippen molar-refractivity contribution in [2.24, 2.45) is 5.84 Å². The predicted octanol–water partition coefficient (Wildman–Crippen LogP) is 4.33. The van der Waals surface area contributed by atoms with E-state index in [0.29, 0.717) is 32.5 Å². The summed E-state index contributed by atoms with van der Waals surface area (Å²) in [7, 11) is 2.61. The Labute approximate surface area is 193 Å². The molecule has 0 fully saturated rings. The van der Waals surface area contributed by atoms with Crippen LogP contribution < -0.4 is 17.0 Å². The number of rotatable bonds is 3. The van der Waals surface area contributed by atoms with Crippen molar-refractivity contribution in [3.05, 3.63) is 52.6 Å². The first-order valence-electron chi connectivity index (χ1n) is 7.03. The Morgan fingerprint density at radius 1 is 0.926 bits per heavy atom. The van der Waals surface area contributed by atoms with Crippen LogP contribution in [-0.2, 0) is 9.47 Å². The molecule has 2 aromatic carbocycles. The van der Waals surface area contributed by atoms with E-state index in [4.69, 9.17) is 34.8 Å². The molecule has 7 nitrogen and oxygen atoms in total. The van der Waals surface area contributed by atoms with Crippen LogP contribution in [0.4, 0.5) is 11.4 Å². The van der Waals surface area contributed by atoms with Gasteiger partial charge in [-0.1, -0.05) is 23.2 Å². The number of hydrogen-bond donors (Lipinski definition) is 3. The third-order valence-corrected chi connectivity index (χ3v) is 5.56. The van der Waals surface area contributed by atoms with Crippen LogP contribution in [0.3, 0.4) is 0 Å². The Kier molecular flexibility index (Phi) is 9.87. The highest BCUT2D eigenvalue weighted by Crippen LogP contribution is 2.27. The minimum absolute atomic E-state index is 0.310.